The summed E-state index contributed by atoms with van der Waals surface area (Å²) in [4.78, 5) is 41.9. The molecule has 9 nitrogen and oxygen atoms in total. The molecule has 0 aliphatic heterocycles. The van der Waals surface area contributed by atoms with Crippen LogP contribution in [0, 0.1) is 12.3 Å². The number of aryl methyl sites for hydroxylation is 2. The molecular weight excluding hydrogens is 484 g/mol. The molecule has 0 saturated carbocycles. The van der Waals surface area contributed by atoms with Crippen molar-refractivity contribution in [3.63, 3.8) is 0 Å². The van der Waals surface area contributed by atoms with Gasteiger partial charge in [0.2, 0.25) is 0 Å². The van der Waals surface area contributed by atoms with Gasteiger partial charge in [-0.05, 0) is 51.0 Å². The molecule has 10 heteroatoms. The molecule has 2 aromatic carbocycles. The van der Waals surface area contributed by atoms with Crippen LogP contribution in [-0.2, 0) is 16.0 Å². The van der Waals surface area contributed by atoms with Gasteiger partial charge in [-0.25, -0.2) is 4.79 Å². The Balaban J connectivity index is 0.00000456. The SMILES string of the molecule is CCOC(=O)CN(CC)C(=O)Oc1ccc2[nH]c(C)c(C(=O)CCc3ccc(C(=N)N)cc3)c2c1.Cl. The van der Waals surface area contributed by atoms with Crippen molar-refractivity contribution >= 4 is 47.0 Å². The summed E-state index contributed by atoms with van der Waals surface area (Å²) in [5, 5.41) is 8.14. The van der Waals surface area contributed by atoms with Crippen molar-refractivity contribution in [1.82, 2.24) is 9.88 Å². The minimum absolute atomic E-state index is 0. The Morgan fingerprint density at radius 2 is 1.78 bits per heavy atom. The van der Waals surface area contributed by atoms with Crippen LogP contribution in [0.3, 0.4) is 0 Å². The van der Waals surface area contributed by atoms with Crippen molar-refractivity contribution in [3.05, 3.63) is 64.8 Å². The van der Waals surface area contributed by atoms with E-state index in [1.54, 1.807) is 44.2 Å². The Bertz CT molecular complexity index is 1250. The molecule has 0 saturated heterocycles. The zero-order valence-electron chi connectivity index (χ0n) is 20.6. The highest BCUT2D eigenvalue weighted by Gasteiger charge is 2.20. The topological polar surface area (TPSA) is 139 Å². The number of fused-ring (bicyclic) bond motifs is 1. The molecule has 3 rings (SSSR count). The van der Waals surface area contributed by atoms with E-state index >= 15 is 0 Å². The zero-order chi connectivity index (χ0) is 25.5. The van der Waals surface area contributed by atoms with E-state index in [2.05, 4.69) is 4.98 Å². The number of hydrogen-bond acceptors (Lipinski definition) is 6. The van der Waals surface area contributed by atoms with Crippen LogP contribution < -0.4 is 10.5 Å². The lowest BCUT2D eigenvalue weighted by molar-refractivity contribution is -0.143. The summed E-state index contributed by atoms with van der Waals surface area (Å²) in [6.07, 6.45) is 0.159. The number of ether oxygens (including phenoxy) is 2. The van der Waals surface area contributed by atoms with Gasteiger partial charge in [0.05, 0.1) is 6.61 Å². The Labute approximate surface area is 215 Å². The summed E-state index contributed by atoms with van der Waals surface area (Å²) in [5.41, 5.74) is 9.14. The summed E-state index contributed by atoms with van der Waals surface area (Å²) >= 11 is 0. The quantitative estimate of drug-likeness (QED) is 0.159. The van der Waals surface area contributed by atoms with E-state index in [0.29, 0.717) is 29.4 Å². The van der Waals surface area contributed by atoms with Crippen LogP contribution in [0.5, 0.6) is 5.75 Å². The van der Waals surface area contributed by atoms with Gasteiger partial charge in [-0.2, -0.15) is 0 Å². The molecule has 0 bridgehead atoms. The zero-order valence-corrected chi connectivity index (χ0v) is 21.4. The standard InChI is InChI=1S/C26H30N4O5.ClH/c1-4-30(15-23(32)34-5-2)26(33)35-19-11-12-21-20(14-19)24(16(3)29-21)22(31)13-8-17-6-9-18(10-7-17)25(27)28;/h6-7,9-12,14,29H,4-5,8,13,15H2,1-3H3,(H3,27,28);1H. The molecule has 4 N–H and O–H groups in total. The maximum atomic E-state index is 13.1. The number of amidine groups is 1. The highest BCUT2D eigenvalue weighted by molar-refractivity contribution is 6.09. The third kappa shape index (κ3) is 6.85. The molecule has 192 valence electrons. The van der Waals surface area contributed by atoms with Crippen LogP contribution in [0.1, 0.15) is 47.4 Å². The van der Waals surface area contributed by atoms with Gasteiger partial charge >= 0.3 is 12.1 Å². The number of nitrogen functional groups attached to an aromatic ring is 1. The first-order valence-electron chi connectivity index (χ1n) is 11.4. The highest BCUT2D eigenvalue weighted by atomic mass is 35.5. The van der Waals surface area contributed by atoms with Gasteiger partial charge in [-0.3, -0.25) is 19.9 Å². The number of nitrogens with zero attached hydrogens (tertiary/aromatic N) is 1. The third-order valence-electron chi connectivity index (χ3n) is 5.61. The first kappa shape index (κ1) is 28.4. The lowest BCUT2D eigenvalue weighted by Gasteiger charge is -2.19. The number of carbonyl (C=O) groups excluding carboxylic acids is 3. The van der Waals surface area contributed by atoms with Crippen LogP contribution in [0.15, 0.2) is 42.5 Å². The molecule has 1 amide bonds. The van der Waals surface area contributed by atoms with Gasteiger partial charge in [0.25, 0.3) is 0 Å². The van der Waals surface area contributed by atoms with Crippen LogP contribution in [0.4, 0.5) is 4.79 Å². The van der Waals surface area contributed by atoms with Crippen molar-refractivity contribution < 1.29 is 23.9 Å². The number of halogens is 1. The summed E-state index contributed by atoms with van der Waals surface area (Å²) < 4.78 is 10.4. The van der Waals surface area contributed by atoms with E-state index in [1.807, 2.05) is 19.1 Å². The smallest absolute Gasteiger partial charge is 0.415 e. The lowest BCUT2D eigenvalue weighted by Crippen LogP contribution is -2.38. The fourth-order valence-corrected chi connectivity index (χ4v) is 3.80. The normalized spacial score (nSPS) is 10.4. The predicted octanol–water partition coefficient (Wildman–Crippen LogP) is 4.38. The summed E-state index contributed by atoms with van der Waals surface area (Å²) in [5.74, 6) is -0.267. The molecular formula is C26H31ClN4O5. The van der Waals surface area contributed by atoms with E-state index in [-0.39, 0.29) is 49.5 Å². The third-order valence-corrected chi connectivity index (χ3v) is 5.61. The Morgan fingerprint density at radius 1 is 1.08 bits per heavy atom. The average molecular weight is 515 g/mol. The molecule has 3 aromatic rings. The van der Waals surface area contributed by atoms with Crippen molar-refractivity contribution in [2.45, 2.75) is 33.6 Å². The monoisotopic (exact) mass is 514 g/mol. The van der Waals surface area contributed by atoms with Crippen molar-refractivity contribution in [1.29, 1.82) is 5.41 Å². The van der Waals surface area contributed by atoms with E-state index in [9.17, 15) is 14.4 Å². The van der Waals surface area contributed by atoms with Crippen LogP contribution in [0.2, 0.25) is 0 Å². The minimum atomic E-state index is -0.672. The molecule has 1 aromatic heterocycles. The number of rotatable bonds is 10. The summed E-state index contributed by atoms with van der Waals surface area (Å²) in [7, 11) is 0. The second-order valence-electron chi connectivity index (χ2n) is 8.05. The number of carbonyl (C=O) groups is 3. The number of benzene rings is 2. The van der Waals surface area contributed by atoms with E-state index in [1.165, 1.54) is 4.90 Å². The molecule has 0 radical (unpaired) electrons. The molecule has 0 spiro atoms. The second kappa shape index (κ2) is 12.7. The maximum Gasteiger partial charge on any atom is 0.415 e. The number of amides is 1. The molecule has 0 unspecified atom stereocenters. The Hall–Kier alpha value is -3.85. The van der Waals surface area contributed by atoms with Gasteiger partial charge in [0.15, 0.2) is 5.78 Å². The molecule has 1 heterocycles. The largest absolute Gasteiger partial charge is 0.465 e. The lowest BCUT2D eigenvalue weighted by atomic mass is 9.99. The number of aromatic amines is 1. The highest BCUT2D eigenvalue weighted by Crippen LogP contribution is 2.28. The number of ketones is 1. The maximum absolute atomic E-state index is 13.1. The summed E-state index contributed by atoms with van der Waals surface area (Å²) in [6, 6.07) is 12.3. The van der Waals surface area contributed by atoms with Gasteiger partial charge in [0.1, 0.15) is 18.1 Å². The minimum Gasteiger partial charge on any atom is -0.465 e. The molecule has 36 heavy (non-hydrogen) atoms. The Kier molecular flexibility index (Phi) is 10.0. The average Bonchev–Trinajstić information content (AvgIpc) is 3.16. The van der Waals surface area contributed by atoms with E-state index in [4.69, 9.17) is 20.6 Å². The van der Waals surface area contributed by atoms with Crippen LogP contribution in [-0.4, -0.2) is 53.3 Å². The second-order valence-corrected chi connectivity index (χ2v) is 8.05. The predicted molar refractivity (Wildman–Crippen MR) is 140 cm³/mol. The van der Waals surface area contributed by atoms with Crippen molar-refractivity contribution in [3.8, 4) is 5.75 Å². The summed E-state index contributed by atoms with van der Waals surface area (Å²) in [6.45, 7) is 5.58. The van der Waals surface area contributed by atoms with Crippen LogP contribution >= 0.6 is 12.4 Å². The fourth-order valence-electron chi connectivity index (χ4n) is 3.80. The van der Waals surface area contributed by atoms with Crippen molar-refractivity contribution in [2.75, 3.05) is 19.7 Å². The number of nitrogens with two attached hydrogens (primary N) is 1. The number of nitrogens with one attached hydrogen (secondary N) is 2. The van der Waals surface area contributed by atoms with E-state index < -0.39 is 12.1 Å². The van der Waals surface area contributed by atoms with Crippen LogP contribution in [0.25, 0.3) is 10.9 Å². The first-order chi connectivity index (χ1) is 16.7. The van der Waals surface area contributed by atoms with Gasteiger partial charge in [-0.15, -0.1) is 12.4 Å². The molecule has 0 fully saturated rings. The molecule has 0 aliphatic carbocycles. The fraction of sp³-hybridized carbons (Fsp3) is 0.308. The number of aromatic nitrogens is 1. The first-order valence-corrected chi connectivity index (χ1v) is 11.4. The Morgan fingerprint density at radius 3 is 2.39 bits per heavy atom. The number of esters is 1. The van der Waals surface area contributed by atoms with Crippen molar-refractivity contribution in [2.24, 2.45) is 5.73 Å². The number of Topliss-reactive ketones (excluding diaryl/α,β-unsaturated/α-hetero) is 1. The number of likely N-dealkylation sites (N-methyl/N-ethyl adjacent to an activating group) is 1. The van der Waals surface area contributed by atoms with Gasteiger partial charge < -0.3 is 20.2 Å². The molecule has 0 atom stereocenters. The number of hydrogen-bond donors (Lipinski definition) is 3. The van der Waals surface area contributed by atoms with E-state index in [0.717, 1.165) is 16.8 Å². The van der Waals surface area contributed by atoms with Gasteiger partial charge in [-0.1, -0.05) is 24.3 Å². The number of H-pyrrole nitrogens is 1. The molecule has 0 aliphatic rings. The van der Waals surface area contributed by atoms with Gasteiger partial charge in [0, 0.05) is 40.7 Å².